The van der Waals surface area contributed by atoms with Crippen molar-refractivity contribution in [3.05, 3.63) is 35.0 Å². The van der Waals surface area contributed by atoms with Gasteiger partial charge in [0.05, 0.1) is 0 Å². The third kappa shape index (κ3) is 3.47. The van der Waals surface area contributed by atoms with Crippen molar-refractivity contribution in [2.45, 2.75) is 31.8 Å². The van der Waals surface area contributed by atoms with Gasteiger partial charge in [-0.1, -0.05) is 0 Å². The van der Waals surface area contributed by atoms with Crippen molar-refractivity contribution in [1.82, 2.24) is 19.3 Å². The van der Waals surface area contributed by atoms with Crippen molar-refractivity contribution in [2.24, 2.45) is 7.05 Å². The van der Waals surface area contributed by atoms with Crippen LogP contribution in [0.2, 0.25) is 0 Å². The number of piperazine rings is 1. The Morgan fingerprint density at radius 1 is 1.03 bits per heavy atom. The number of hydrogen-bond acceptors (Lipinski definition) is 4. The van der Waals surface area contributed by atoms with E-state index in [0.29, 0.717) is 6.04 Å². The van der Waals surface area contributed by atoms with E-state index in [9.17, 15) is 4.79 Å². The summed E-state index contributed by atoms with van der Waals surface area (Å²) < 4.78 is 7.91. The standard InChI is InChI=1S/C23H32N4O2/c1-24-9-11-26(12-10-24)23(28)17-3-4-21-19(15-17)20-16-27(8-5-22(20)25(21)2)18-6-13-29-14-7-18/h3-4,15,18H,5-14,16H2,1-2H3. The van der Waals surface area contributed by atoms with Crippen molar-refractivity contribution in [2.75, 3.05) is 53.0 Å². The normalized spacial score (nSPS) is 22.2. The van der Waals surface area contributed by atoms with Crippen LogP contribution < -0.4 is 0 Å². The molecule has 6 heteroatoms. The molecular weight excluding hydrogens is 364 g/mol. The Morgan fingerprint density at radius 2 is 1.79 bits per heavy atom. The minimum Gasteiger partial charge on any atom is -0.381 e. The van der Waals surface area contributed by atoms with Crippen LogP contribution in [0.4, 0.5) is 0 Å². The summed E-state index contributed by atoms with van der Waals surface area (Å²) in [6.45, 7) is 7.41. The number of carbonyl (C=O) groups is 1. The molecule has 1 aromatic carbocycles. The van der Waals surface area contributed by atoms with Gasteiger partial charge in [0.15, 0.2) is 0 Å². The van der Waals surface area contributed by atoms with Crippen molar-refractivity contribution >= 4 is 16.8 Å². The van der Waals surface area contributed by atoms with E-state index < -0.39 is 0 Å². The monoisotopic (exact) mass is 396 g/mol. The van der Waals surface area contributed by atoms with Crippen LogP contribution in [0.15, 0.2) is 18.2 Å². The number of fused-ring (bicyclic) bond motifs is 3. The Bertz CT molecular complexity index is 907. The van der Waals surface area contributed by atoms with Crippen LogP contribution in [0, 0.1) is 0 Å². The first-order chi connectivity index (χ1) is 14.1. The molecule has 0 saturated carbocycles. The van der Waals surface area contributed by atoms with Gasteiger partial charge in [-0.3, -0.25) is 9.69 Å². The van der Waals surface area contributed by atoms with Crippen LogP contribution >= 0.6 is 0 Å². The molecule has 0 aliphatic carbocycles. The number of aromatic nitrogens is 1. The summed E-state index contributed by atoms with van der Waals surface area (Å²) in [7, 11) is 4.29. The third-order valence-corrected chi connectivity index (χ3v) is 7.18. The first-order valence-electron chi connectivity index (χ1n) is 11.0. The number of hydrogen-bond donors (Lipinski definition) is 0. The third-order valence-electron chi connectivity index (χ3n) is 7.18. The van der Waals surface area contributed by atoms with Gasteiger partial charge in [-0.2, -0.15) is 0 Å². The van der Waals surface area contributed by atoms with Gasteiger partial charge in [-0.05, 0) is 43.7 Å². The smallest absolute Gasteiger partial charge is 0.253 e. The lowest BCUT2D eigenvalue weighted by Crippen LogP contribution is -2.47. The van der Waals surface area contributed by atoms with E-state index >= 15 is 0 Å². The molecule has 3 aliphatic heterocycles. The van der Waals surface area contributed by atoms with E-state index in [0.717, 1.165) is 77.3 Å². The van der Waals surface area contributed by atoms with Gasteiger partial charge in [-0.15, -0.1) is 0 Å². The summed E-state index contributed by atoms with van der Waals surface area (Å²) in [6.07, 6.45) is 3.35. The molecule has 0 unspecified atom stereocenters. The molecule has 0 bridgehead atoms. The summed E-state index contributed by atoms with van der Waals surface area (Å²) in [5.74, 6) is 0.176. The number of nitrogens with zero attached hydrogens (tertiary/aromatic N) is 4. The van der Waals surface area contributed by atoms with Crippen LogP contribution in [0.1, 0.15) is 34.5 Å². The first-order valence-corrected chi connectivity index (χ1v) is 11.0. The molecule has 156 valence electrons. The van der Waals surface area contributed by atoms with Gasteiger partial charge in [0.1, 0.15) is 0 Å². The molecular formula is C23H32N4O2. The average Bonchev–Trinajstić information content (AvgIpc) is 3.05. The van der Waals surface area contributed by atoms with Gasteiger partial charge < -0.3 is 19.1 Å². The lowest BCUT2D eigenvalue weighted by Gasteiger charge is -2.37. The zero-order valence-electron chi connectivity index (χ0n) is 17.7. The van der Waals surface area contributed by atoms with Crippen molar-refractivity contribution in [3.8, 4) is 0 Å². The van der Waals surface area contributed by atoms with Crippen LogP contribution in [0.3, 0.4) is 0 Å². The second-order valence-electron chi connectivity index (χ2n) is 8.88. The Kier molecular flexibility index (Phi) is 5.10. The SMILES string of the molecule is CN1CCN(C(=O)c2ccc3c(c2)c2c(n3C)CCN(C3CCOCC3)C2)CC1. The van der Waals surface area contributed by atoms with E-state index in [1.807, 2.05) is 11.0 Å². The zero-order valence-corrected chi connectivity index (χ0v) is 17.7. The fourth-order valence-electron chi connectivity index (χ4n) is 5.29. The summed E-state index contributed by atoms with van der Waals surface area (Å²) >= 11 is 0. The van der Waals surface area contributed by atoms with Crippen LogP contribution in [-0.2, 0) is 24.8 Å². The second-order valence-corrected chi connectivity index (χ2v) is 8.88. The lowest BCUT2D eigenvalue weighted by molar-refractivity contribution is 0.0289. The largest absolute Gasteiger partial charge is 0.381 e. The number of ether oxygens (including phenoxy) is 1. The fourth-order valence-corrected chi connectivity index (χ4v) is 5.29. The summed E-state index contributed by atoms with van der Waals surface area (Å²) in [4.78, 5) is 20.0. The van der Waals surface area contributed by atoms with Crippen molar-refractivity contribution < 1.29 is 9.53 Å². The molecule has 0 atom stereocenters. The van der Waals surface area contributed by atoms with Crippen molar-refractivity contribution in [1.29, 1.82) is 0 Å². The Morgan fingerprint density at radius 3 is 2.55 bits per heavy atom. The van der Waals surface area contributed by atoms with Crippen LogP contribution in [0.5, 0.6) is 0 Å². The summed E-state index contributed by atoms with van der Waals surface area (Å²) in [6, 6.07) is 6.95. The molecule has 0 spiro atoms. The summed E-state index contributed by atoms with van der Waals surface area (Å²) in [5.41, 5.74) is 4.94. The minimum atomic E-state index is 0.176. The lowest BCUT2D eigenvalue weighted by atomic mass is 9.99. The van der Waals surface area contributed by atoms with Gasteiger partial charge in [0.2, 0.25) is 0 Å². The molecule has 4 heterocycles. The molecule has 0 radical (unpaired) electrons. The van der Waals surface area contributed by atoms with E-state index in [-0.39, 0.29) is 5.91 Å². The molecule has 5 rings (SSSR count). The predicted molar refractivity (Wildman–Crippen MR) is 114 cm³/mol. The zero-order chi connectivity index (χ0) is 20.0. The quantitative estimate of drug-likeness (QED) is 0.780. The molecule has 2 fully saturated rings. The molecule has 2 aromatic rings. The molecule has 6 nitrogen and oxygen atoms in total. The fraction of sp³-hybridized carbons (Fsp3) is 0.609. The number of amides is 1. The maximum atomic E-state index is 13.1. The van der Waals surface area contributed by atoms with E-state index in [1.54, 1.807) is 0 Å². The van der Waals surface area contributed by atoms with Crippen LogP contribution in [0.25, 0.3) is 10.9 Å². The Hall–Kier alpha value is -1.89. The highest BCUT2D eigenvalue weighted by atomic mass is 16.5. The average molecular weight is 397 g/mol. The molecule has 1 aromatic heterocycles. The first kappa shape index (κ1) is 19.1. The van der Waals surface area contributed by atoms with Gasteiger partial charge >= 0.3 is 0 Å². The topological polar surface area (TPSA) is 41.0 Å². The van der Waals surface area contributed by atoms with Gasteiger partial charge in [0.25, 0.3) is 5.91 Å². The minimum absolute atomic E-state index is 0.176. The van der Waals surface area contributed by atoms with Gasteiger partial charge in [-0.25, -0.2) is 0 Å². The molecule has 29 heavy (non-hydrogen) atoms. The highest BCUT2D eigenvalue weighted by molar-refractivity contribution is 5.99. The highest BCUT2D eigenvalue weighted by Crippen LogP contribution is 2.33. The highest BCUT2D eigenvalue weighted by Gasteiger charge is 2.29. The number of likely N-dealkylation sites (N-methyl/N-ethyl adjacent to an activating group) is 1. The molecule has 1 amide bonds. The second kappa shape index (κ2) is 7.74. The number of rotatable bonds is 2. The van der Waals surface area contributed by atoms with E-state index in [4.69, 9.17) is 4.74 Å². The number of benzene rings is 1. The van der Waals surface area contributed by atoms with E-state index in [1.165, 1.54) is 22.2 Å². The maximum absolute atomic E-state index is 13.1. The maximum Gasteiger partial charge on any atom is 0.253 e. The molecule has 2 saturated heterocycles. The number of aryl methyl sites for hydroxylation is 1. The predicted octanol–water partition coefficient (Wildman–Crippen LogP) is 2.10. The Labute approximate surface area is 173 Å². The van der Waals surface area contributed by atoms with Gasteiger partial charge in [0, 0.05) is 94.2 Å². The molecule has 3 aliphatic rings. The summed E-state index contributed by atoms with van der Waals surface area (Å²) in [5, 5.41) is 1.26. The Balaban J connectivity index is 1.44. The number of carbonyl (C=O) groups excluding carboxylic acids is 1. The molecule has 0 N–H and O–H groups in total. The van der Waals surface area contributed by atoms with Crippen LogP contribution in [-0.4, -0.2) is 84.2 Å². The van der Waals surface area contributed by atoms with Crippen molar-refractivity contribution in [3.63, 3.8) is 0 Å². The van der Waals surface area contributed by atoms with E-state index in [2.05, 4.69) is 40.6 Å².